The SMILES string of the molecule is CCc1ccc(OCCCn2nccn2)cc1. The first kappa shape index (κ1) is 11.6. The molecule has 0 saturated carbocycles. The summed E-state index contributed by atoms with van der Waals surface area (Å²) >= 11 is 0. The molecule has 0 bridgehead atoms. The molecule has 4 heteroatoms. The van der Waals surface area contributed by atoms with Crippen molar-refractivity contribution in [1.82, 2.24) is 15.0 Å². The average Bonchev–Trinajstić information content (AvgIpc) is 2.88. The summed E-state index contributed by atoms with van der Waals surface area (Å²) in [6.07, 6.45) is 5.34. The zero-order valence-corrected chi connectivity index (χ0v) is 10.0. The average molecular weight is 231 g/mol. The van der Waals surface area contributed by atoms with Gasteiger partial charge in [-0.2, -0.15) is 15.0 Å². The molecule has 2 aromatic rings. The van der Waals surface area contributed by atoms with Crippen molar-refractivity contribution in [3.63, 3.8) is 0 Å². The molecule has 0 N–H and O–H groups in total. The Balaban J connectivity index is 1.70. The first-order valence-electron chi connectivity index (χ1n) is 5.94. The molecule has 90 valence electrons. The first-order valence-corrected chi connectivity index (χ1v) is 5.94. The van der Waals surface area contributed by atoms with Gasteiger partial charge in [0.25, 0.3) is 0 Å². The van der Waals surface area contributed by atoms with E-state index in [-0.39, 0.29) is 0 Å². The Morgan fingerprint density at radius 1 is 1.12 bits per heavy atom. The minimum atomic E-state index is 0.688. The number of hydrogen-bond donors (Lipinski definition) is 0. The number of nitrogens with zero attached hydrogens (tertiary/aromatic N) is 3. The van der Waals surface area contributed by atoms with Crippen LogP contribution < -0.4 is 4.74 Å². The normalized spacial score (nSPS) is 10.4. The monoisotopic (exact) mass is 231 g/mol. The molecule has 1 aromatic carbocycles. The molecule has 0 fully saturated rings. The van der Waals surface area contributed by atoms with Gasteiger partial charge in [0.1, 0.15) is 5.75 Å². The van der Waals surface area contributed by atoms with Crippen molar-refractivity contribution in [3.05, 3.63) is 42.2 Å². The molecule has 2 rings (SSSR count). The second-order valence-electron chi connectivity index (χ2n) is 3.82. The third kappa shape index (κ3) is 3.59. The molecule has 0 saturated heterocycles. The maximum Gasteiger partial charge on any atom is 0.119 e. The molecular formula is C13H17N3O. The van der Waals surface area contributed by atoms with Gasteiger partial charge in [-0.15, -0.1) is 0 Å². The number of aryl methyl sites for hydroxylation is 2. The molecule has 0 aliphatic rings. The Labute approximate surface area is 101 Å². The van der Waals surface area contributed by atoms with Crippen LogP contribution in [0.2, 0.25) is 0 Å². The van der Waals surface area contributed by atoms with Gasteiger partial charge in [-0.3, -0.25) is 0 Å². The lowest BCUT2D eigenvalue weighted by Gasteiger charge is -2.06. The van der Waals surface area contributed by atoms with Gasteiger partial charge in [0.15, 0.2) is 0 Å². The molecule has 1 aromatic heterocycles. The lowest BCUT2D eigenvalue weighted by molar-refractivity contribution is 0.294. The predicted molar refractivity (Wildman–Crippen MR) is 66.0 cm³/mol. The van der Waals surface area contributed by atoms with E-state index in [1.165, 1.54) is 5.56 Å². The maximum absolute atomic E-state index is 5.63. The summed E-state index contributed by atoms with van der Waals surface area (Å²) in [6.45, 7) is 3.63. The van der Waals surface area contributed by atoms with Gasteiger partial charge in [0, 0.05) is 6.42 Å². The fraction of sp³-hybridized carbons (Fsp3) is 0.385. The van der Waals surface area contributed by atoms with Crippen LogP contribution in [0.25, 0.3) is 0 Å². The highest BCUT2D eigenvalue weighted by Crippen LogP contribution is 2.12. The quantitative estimate of drug-likeness (QED) is 0.716. The van der Waals surface area contributed by atoms with Gasteiger partial charge >= 0.3 is 0 Å². The maximum atomic E-state index is 5.63. The highest BCUT2D eigenvalue weighted by Gasteiger charge is 1.96. The summed E-state index contributed by atoms with van der Waals surface area (Å²) in [4.78, 5) is 1.67. The highest BCUT2D eigenvalue weighted by atomic mass is 16.5. The van der Waals surface area contributed by atoms with Crippen LogP contribution in [0.3, 0.4) is 0 Å². The fourth-order valence-electron chi connectivity index (χ4n) is 1.58. The van der Waals surface area contributed by atoms with Gasteiger partial charge in [-0.05, 0) is 24.1 Å². The first-order chi connectivity index (χ1) is 8.38. The summed E-state index contributed by atoms with van der Waals surface area (Å²) in [7, 11) is 0. The van der Waals surface area contributed by atoms with Crippen molar-refractivity contribution < 1.29 is 4.74 Å². The largest absolute Gasteiger partial charge is 0.494 e. The van der Waals surface area contributed by atoms with Crippen LogP contribution in [-0.2, 0) is 13.0 Å². The number of aromatic nitrogens is 3. The Morgan fingerprint density at radius 2 is 1.82 bits per heavy atom. The van der Waals surface area contributed by atoms with Crippen molar-refractivity contribution in [2.24, 2.45) is 0 Å². The number of hydrogen-bond acceptors (Lipinski definition) is 3. The standard InChI is InChI=1S/C13H17N3O/c1-2-12-4-6-13(7-5-12)17-11-3-10-16-14-8-9-15-16/h4-9H,2-3,10-11H2,1H3. The predicted octanol–water partition coefficient (Wildman–Crippen LogP) is 2.31. The molecule has 0 aliphatic heterocycles. The molecule has 17 heavy (non-hydrogen) atoms. The van der Waals surface area contributed by atoms with Crippen molar-refractivity contribution in [2.75, 3.05) is 6.61 Å². The molecule has 0 unspecified atom stereocenters. The molecule has 0 radical (unpaired) electrons. The lowest BCUT2D eigenvalue weighted by atomic mass is 10.2. The zero-order chi connectivity index (χ0) is 11.9. The minimum Gasteiger partial charge on any atom is -0.494 e. The van der Waals surface area contributed by atoms with Gasteiger partial charge in [0.2, 0.25) is 0 Å². The van der Waals surface area contributed by atoms with Crippen molar-refractivity contribution in [2.45, 2.75) is 26.3 Å². The van der Waals surface area contributed by atoms with E-state index < -0.39 is 0 Å². The third-order valence-corrected chi connectivity index (χ3v) is 2.57. The Bertz CT molecular complexity index is 422. The van der Waals surface area contributed by atoms with Gasteiger partial charge in [0.05, 0.1) is 25.5 Å². The van der Waals surface area contributed by atoms with Crippen LogP contribution in [0.5, 0.6) is 5.75 Å². The smallest absolute Gasteiger partial charge is 0.119 e. The van der Waals surface area contributed by atoms with Crippen molar-refractivity contribution in [1.29, 1.82) is 0 Å². The van der Waals surface area contributed by atoms with E-state index in [9.17, 15) is 0 Å². The van der Waals surface area contributed by atoms with Crippen molar-refractivity contribution >= 4 is 0 Å². The van der Waals surface area contributed by atoms with E-state index in [4.69, 9.17) is 4.74 Å². The summed E-state index contributed by atoms with van der Waals surface area (Å²) in [5.41, 5.74) is 1.33. The van der Waals surface area contributed by atoms with E-state index in [0.29, 0.717) is 6.61 Å². The van der Waals surface area contributed by atoms with Crippen LogP contribution in [-0.4, -0.2) is 21.6 Å². The molecule has 1 heterocycles. The van der Waals surface area contributed by atoms with Crippen molar-refractivity contribution in [3.8, 4) is 5.75 Å². The molecular weight excluding hydrogens is 214 g/mol. The second kappa shape index (κ2) is 6.03. The van der Waals surface area contributed by atoms with Crippen LogP contribution in [0.4, 0.5) is 0 Å². The third-order valence-electron chi connectivity index (χ3n) is 2.57. The second-order valence-corrected chi connectivity index (χ2v) is 3.82. The minimum absolute atomic E-state index is 0.688. The summed E-state index contributed by atoms with van der Waals surface area (Å²) in [6, 6.07) is 8.24. The van der Waals surface area contributed by atoms with Crippen LogP contribution in [0.1, 0.15) is 18.9 Å². The molecule has 0 atom stereocenters. The topological polar surface area (TPSA) is 39.9 Å². The number of ether oxygens (including phenoxy) is 1. The zero-order valence-electron chi connectivity index (χ0n) is 10.0. The Hall–Kier alpha value is -1.84. The van der Waals surface area contributed by atoms with E-state index >= 15 is 0 Å². The van der Waals surface area contributed by atoms with E-state index in [0.717, 1.165) is 25.1 Å². The van der Waals surface area contributed by atoms with Crippen LogP contribution >= 0.6 is 0 Å². The van der Waals surface area contributed by atoms with Gasteiger partial charge in [-0.1, -0.05) is 19.1 Å². The summed E-state index contributed by atoms with van der Waals surface area (Å²) < 4.78 is 5.63. The number of rotatable bonds is 6. The Kier molecular flexibility index (Phi) is 4.13. The molecule has 4 nitrogen and oxygen atoms in total. The van der Waals surface area contributed by atoms with Gasteiger partial charge in [-0.25, -0.2) is 0 Å². The summed E-state index contributed by atoms with van der Waals surface area (Å²) in [5.74, 6) is 0.927. The molecule has 0 aliphatic carbocycles. The lowest BCUT2D eigenvalue weighted by Crippen LogP contribution is -2.06. The summed E-state index contributed by atoms with van der Waals surface area (Å²) in [5, 5.41) is 8.07. The van der Waals surface area contributed by atoms with Gasteiger partial charge < -0.3 is 4.74 Å². The number of benzene rings is 1. The molecule has 0 amide bonds. The fourth-order valence-corrected chi connectivity index (χ4v) is 1.58. The van der Waals surface area contributed by atoms with E-state index in [1.54, 1.807) is 17.2 Å². The van der Waals surface area contributed by atoms with Crippen LogP contribution in [0.15, 0.2) is 36.7 Å². The Morgan fingerprint density at radius 3 is 2.47 bits per heavy atom. The van der Waals surface area contributed by atoms with E-state index in [2.05, 4.69) is 29.3 Å². The van der Waals surface area contributed by atoms with Crippen LogP contribution in [0, 0.1) is 0 Å². The van der Waals surface area contributed by atoms with E-state index in [1.807, 2.05) is 12.1 Å². The highest BCUT2D eigenvalue weighted by molar-refractivity contribution is 5.27. The molecule has 0 spiro atoms.